The van der Waals surface area contributed by atoms with Crippen LogP contribution in [0.15, 0.2) is 59.1 Å². The average molecular weight is 695 g/mol. The Morgan fingerprint density at radius 2 is 1.51 bits per heavy atom. The fourth-order valence-corrected chi connectivity index (χ4v) is 3.87. The van der Waals surface area contributed by atoms with E-state index in [0.717, 1.165) is 26.0 Å². The second kappa shape index (κ2) is 13.7. The number of benzene rings is 3. The van der Waals surface area contributed by atoms with E-state index in [0.29, 0.717) is 0 Å². The Kier molecular flexibility index (Phi) is 10.7. The molecule has 0 aliphatic heterocycles. The lowest BCUT2D eigenvalue weighted by Crippen LogP contribution is -2.46. The lowest BCUT2D eigenvalue weighted by atomic mass is 9.91. The largest absolute Gasteiger partial charge is 0.487 e. The van der Waals surface area contributed by atoms with Crippen LogP contribution in [0.3, 0.4) is 0 Å². The van der Waals surface area contributed by atoms with Gasteiger partial charge in [-0.1, -0.05) is 17.7 Å². The third kappa shape index (κ3) is 8.63. The molecular formula is C28H23BrClF6N3O4. The number of anilines is 2. The predicted octanol–water partition coefficient (Wildman–Crippen LogP) is 7.59. The molecule has 15 heteroatoms. The predicted molar refractivity (Wildman–Crippen MR) is 151 cm³/mol. The fourth-order valence-electron chi connectivity index (χ4n) is 3.42. The Morgan fingerprint density at radius 1 is 0.907 bits per heavy atom. The van der Waals surface area contributed by atoms with Crippen LogP contribution in [0.2, 0.25) is 5.02 Å². The smallest absolute Gasteiger partial charge is 0.402 e. The maximum absolute atomic E-state index is 13.9. The molecule has 0 radical (unpaired) electrons. The van der Waals surface area contributed by atoms with Crippen LogP contribution in [0, 0.1) is 11.2 Å². The molecule has 3 amide bonds. The lowest BCUT2D eigenvalue weighted by molar-refractivity contribution is -0.211. The van der Waals surface area contributed by atoms with Crippen molar-refractivity contribution in [3.8, 4) is 5.75 Å². The molecule has 0 aliphatic carbocycles. The van der Waals surface area contributed by atoms with Crippen molar-refractivity contribution in [3.05, 3.63) is 86.6 Å². The molecule has 0 unspecified atom stereocenters. The SMILES string of the molecule is CC(C)(C(=O)NCc1ccc(Cl)c(C(=O)Nc2ccc(OCC(F)F)c(C(=O)Nc3ccc(Br)c(F)c3)c2)c1)C(F)(F)F. The Labute approximate surface area is 255 Å². The van der Waals surface area contributed by atoms with E-state index in [2.05, 4.69) is 31.9 Å². The molecule has 3 rings (SSSR count). The maximum Gasteiger partial charge on any atom is 0.402 e. The Morgan fingerprint density at radius 3 is 2.12 bits per heavy atom. The van der Waals surface area contributed by atoms with Crippen LogP contribution in [0.1, 0.15) is 40.1 Å². The molecule has 3 N–H and O–H groups in total. The van der Waals surface area contributed by atoms with Gasteiger partial charge in [0.2, 0.25) is 5.91 Å². The van der Waals surface area contributed by atoms with E-state index in [1.807, 2.05) is 0 Å². The normalized spacial score (nSPS) is 11.7. The molecule has 0 aromatic heterocycles. The summed E-state index contributed by atoms with van der Waals surface area (Å²) in [5.41, 5.74) is -2.70. The van der Waals surface area contributed by atoms with E-state index >= 15 is 0 Å². The molecular weight excluding hydrogens is 672 g/mol. The number of halogens is 8. The van der Waals surface area contributed by atoms with E-state index in [1.165, 1.54) is 42.5 Å². The summed E-state index contributed by atoms with van der Waals surface area (Å²) in [7, 11) is 0. The molecule has 230 valence electrons. The zero-order valence-electron chi connectivity index (χ0n) is 22.3. The fraction of sp³-hybridized carbons (Fsp3) is 0.250. The molecule has 0 spiro atoms. The number of hydrogen-bond acceptors (Lipinski definition) is 4. The number of carbonyl (C=O) groups is 3. The van der Waals surface area contributed by atoms with Crippen LogP contribution in [0.25, 0.3) is 0 Å². The third-order valence-electron chi connectivity index (χ3n) is 6.03. The number of nitrogens with one attached hydrogen (secondary N) is 3. The summed E-state index contributed by atoms with van der Waals surface area (Å²) in [5.74, 6) is -3.84. The molecule has 0 atom stereocenters. The first-order chi connectivity index (χ1) is 20.0. The summed E-state index contributed by atoms with van der Waals surface area (Å²) >= 11 is 9.15. The molecule has 0 bridgehead atoms. The number of carbonyl (C=O) groups excluding carboxylic acids is 3. The van der Waals surface area contributed by atoms with Gasteiger partial charge in [-0.15, -0.1) is 0 Å². The minimum Gasteiger partial charge on any atom is -0.487 e. The highest BCUT2D eigenvalue weighted by molar-refractivity contribution is 9.10. The van der Waals surface area contributed by atoms with Crippen LogP contribution >= 0.6 is 27.5 Å². The van der Waals surface area contributed by atoms with Crippen LogP contribution in [-0.2, 0) is 11.3 Å². The summed E-state index contributed by atoms with van der Waals surface area (Å²) in [6.07, 6.45) is -7.64. The van der Waals surface area contributed by atoms with Gasteiger partial charge in [-0.25, -0.2) is 13.2 Å². The summed E-state index contributed by atoms with van der Waals surface area (Å²) in [4.78, 5) is 38.2. The first kappa shape index (κ1) is 33.7. The van der Waals surface area contributed by atoms with E-state index < -0.39 is 48.2 Å². The van der Waals surface area contributed by atoms with Gasteiger partial charge in [0.1, 0.15) is 23.6 Å². The standard InChI is InChI=1S/C28H23BrClF6N3O4/c1-27(2,28(34,35)36)26(42)37-12-14-3-7-20(30)17(9-14)24(40)38-15-5-8-22(43-13-23(32)33)18(10-15)25(41)39-16-4-6-19(29)21(31)11-16/h3-11,23H,12-13H2,1-2H3,(H,37,42)(H,38,40)(H,39,41). The highest BCUT2D eigenvalue weighted by Crippen LogP contribution is 2.37. The third-order valence-corrected chi connectivity index (χ3v) is 7.00. The Hall–Kier alpha value is -3.78. The second-order valence-electron chi connectivity index (χ2n) is 9.57. The van der Waals surface area contributed by atoms with Crippen molar-refractivity contribution in [3.63, 3.8) is 0 Å². The molecule has 3 aromatic carbocycles. The summed E-state index contributed by atoms with van der Waals surface area (Å²) in [6.45, 7) is 0.0993. The Balaban J connectivity index is 1.82. The molecule has 0 heterocycles. The molecule has 3 aromatic rings. The van der Waals surface area contributed by atoms with E-state index in [1.54, 1.807) is 0 Å². The van der Waals surface area contributed by atoms with Gasteiger partial charge >= 0.3 is 6.18 Å². The van der Waals surface area contributed by atoms with Crippen LogP contribution in [-0.4, -0.2) is 36.9 Å². The van der Waals surface area contributed by atoms with Gasteiger partial charge < -0.3 is 20.7 Å². The van der Waals surface area contributed by atoms with Gasteiger partial charge in [0, 0.05) is 17.9 Å². The zero-order valence-corrected chi connectivity index (χ0v) is 24.7. The van der Waals surface area contributed by atoms with Crippen molar-refractivity contribution >= 4 is 56.6 Å². The van der Waals surface area contributed by atoms with Crippen molar-refractivity contribution in [2.24, 2.45) is 5.41 Å². The molecule has 0 aliphatic rings. The summed E-state index contributed by atoms with van der Waals surface area (Å²) in [5, 5.41) is 7.06. The van der Waals surface area contributed by atoms with Gasteiger partial charge in [-0.3, -0.25) is 14.4 Å². The minimum absolute atomic E-state index is 0.0169. The molecule has 0 saturated carbocycles. The van der Waals surface area contributed by atoms with E-state index in [4.69, 9.17) is 16.3 Å². The number of amides is 3. The maximum atomic E-state index is 13.9. The summed E-state index contributed by atoms with van der Waals surface area (Å²) < 4.78 is 84.1. The van der Waals surface area contributed by atoms with Crippen molar-refractivity contribution in [2.45, 2.75) is 33.0 Å². The van der Waals surface area contributed by atoms with Crippen molar-refractivity contribution < 1.29 is 45.5 Å². The first-order valence-electron chi connectivity index (χ1n) is 12.3. The quantitative estimate of drug-likeness (QED) is 0.191. The van der Waals surface area contributed by atoms with Crippen molar-refractivity contribution in [1.82, 2.24) is 5.32 Å². The van der Waals surface area contributed by atoms with Gasteiger partial charge in [0.15, 0.2) is 0 Å². The number of rotatable bonds is 10. The highest BCUT2D eigenvalue weighted by Gasteiger charge is 2.52. The average Bonchev–Trinajstić information content (AvgIpc) is 2.92. The number of alkyl halides is 5. The van der Waals surface area contributed by atoms with Gasteiger partial charge in [0.25, 0.3) is 18.2 Å². The minimum atomic E-state index is -4.79. The number of hydrogen-bond donors (Lipinski definition) is 3. The Bertz CT molecular complexity index is 1530. The highest BCUT2D eigenvalue weighted by atomic mass is 79.9. The van der Waals surface area contributed by atoms with Crippen LogP contribution < -0.4 is 20.7 Å². The van der Waals surface area contributed by atoms with Gasteiger partial charge in [0.05, 0.1) is 20.6 Å². The van der Waals surface area contributed by atoms with Gasteiger partial charge in [-0.05, 0) is 83.9 Å². The zero-order chi connectivity index (χ0) is 32.1. The second-order valence-corrected chi connectivity index (χ2v) is 10.8. The van der Waals surface area contributed by atoms with Crippen LogP contribution in [0.5, 0.6) is 5.75 Å². The topological polar surface area (TPSA) is 96.5 Å². The molecule has 7 nitrogen and oxygen atoms in total. The first-order valence-corrected chi connectivity index (χ1v) is 13.4. The molecule has 0 saturated heterocycles. The van der Waals surface area contributed by atoms with E-state index in [9.17, 15) is 40.7 Å². The number of ether oxygens (including phenoxy) is 1. The van der Waals surface area contributed by atoms with E-state index in [-0.39, 0.29) is 49.9 Å². The summed E-state index contributed by atoms with van der Waals surface area (Å²) in [6, 6.07) is 11.3. The monoisotopic (exact) mass is 693 g/mol. The van der Waals surface area contributed by atoms with Crippen LogP contribution in [0.4, 0.5) is 37.7 Å². The molecule has 43 heavy (non-hydrogen) atoms. The van der Waals surface area contributed by atoms with Crippen molar-refractivity contribution in [2.75, 3.05) is 17.2 Å². The molecule has 0 fully saturated rings. The van der Waals surface area contributed by atoms with Gasteiger partial charge in [-0.2, -0.15) is 13.2 Å². The lowest BCUT2D eigenvalue weighted by Gasteiger charge is -2.26. The van der Waals surface area contributed by atoms with Crippen molar-refractivity contribution in [1.29, 1.82) is 0 Å².